The first-order chi connectivity index (χ1) is 68.2. The molecule has 0 amide bonds. The Kier molecular flexibility index (Phi) is 31.5. The second-order valence-electron chi connectivity index (χ2n) is 34.2. The lowest BCUT2D eigenvalue weighted by Gasteiger charge is -2.31. The number of methoxy groups -OCH3 is 1. The van der Waals surface area contributed by atoms with Gasteiger partial charge in [-0.3, -0.25) is 0 Å². The average Bonchev–Trinajstić information content (AvgIpc) is 0.752. The van der Waals surface area contributed by atoms with E-state index in [0.29, 0.717) is 190 Å². The maximum absolute atomic E-state index is 13.3. The summed E-state index contributed by atoms with van der Waals surface area (Å²) in [4.78, 5) is 77.1. The summed E-state index contributed by atoms with van der Waals surface area (Å²) in [6, 6.07) is 61.5. The molecule has 0 aliphatic carbocycles. The SMILES string of the molecule is CCOc1cccc2cc(S(=O)(=O)N3CCc4ccccc4C3)c(=O)oc12.CN1CCN(S(=O)(=O)c2cc3cc(Cl)ccc3oc2=O)CC1.CN1CCN(S(=O)(=O)c2cc3cc(F)ccc3oc2=O)CC1.COc1ccc2oc(=O)c(S(=O)(=O)N3CCN(C)CC3)cc2c1.O=c1oc2ccc(Br)cc2cc1S(=O)(=O)N1CCc2ccccc2C1.O=c1oc2ccccc2cc1S(=O)(=O)N1CCc2ccccc2C1. The van der Waals surface area contributed by atoms with Gasteiger partial charge in [-0.2, -0.15) is 25.8 Å². The largest absolute Gasteiger partial charge is 0.497 e. The molecule has 750 valence electrons. The predicted molar refractivity (Wildman–Crippen MR) is 537 cm³/mol. The van der Waals surface area contributed by atoms with Crippen molar-refractivity contribution in [1.29, 1.82) is 0 Å². The second kappa shape index (κ2) is 43.4. The van der Waals surface area contributed by atoms with Crippen molar-refractivity contribution >= 4 is 153 Å². The molecule has 3 fully saturated rings. The predicted octanol–water partition coefficient (Wildman–Crippen LogP) is 11.8. The fourth-order valence-electron chi connectivity index (χ4n) is 16.9. The number of halogens is 3. The van der Waals surface area contributed by atoms with Crippen LogP contribution in [0.1, 0.15) is 40.3 Å². The van der Waals surface area contributed by atoms with Crippen LogP contribution in [0.15, 0.2) is 314 Å². The monoisotopic (exact) mass is 2150 g/mol. The summed E-state index contributed by atoms with van der Waals surface area (Å²) in [5.74, 6) is 0.460. The first-order valence-electron chi connectivity index (χ1n) is 45.0. The van der Waals surface area contributed by atoms with Crippen molar-refractivity contribution in [1.82, 2.24) is 40.5 Å². The highest BCUT2D eigenvalue weighted by molar-refractivity contribution is 9.10. The second-order valence-corrected chi connectivity index (χ2v) is 47.0. The fraction of sp³-hybridized carbons (Fsp3) is 0.273. The van der Waals surface area contributed by atoms with Gasteiger partial charge < -0.3 is 50.7 Å². The van der Waals surface area contributed by atoms with Crippen LogP contribution in [0.5, 0.6) is 11.5 Å². The van der Waals surface area contributed by atoms with E-state index in [2.05, 4.69) is 15.9 Å². The number of benzene rings is 9. The summed E-state index contributed by atoms with van der Waals surface area (Å²) in [7, 11) is -16.2. The molecule has 0 N–H and O–H groups in total. The lowest BCUT2D eigenvalue weighted by Crippen LogP contribution is -2.47. The van der Waals surface area contributed by atoms with Crippen molar-refractivity contribution in [2.45, 2.75) is 75.2 Å². The molecule has 6 aliphatic rings. The number of sulfonamides is 6. The summed E-state index contributed by atoms with van der Waals surface area (Å²) in [5.41, 5.74) is 2.92. The van der Waals surface area contributed by atoms with Gasteiger partial charge >= 0.3 is 33.8 Å². The van der Waals surface area contributed by atoms with Gasteiger partial charge in [-0.05, 0) is 202 Å². The van der Waals surface area contributed by atoms with Crippen LogP contribution in [-0.4, -0.2) is 224 Å². The molecule has 3 saturated heterocycles. The summed E-state index contributed by atoms with van der Waals surface area (Å²) < 4.78 is 218. The van der Waals surface area contributed by atoms with Crippen molar-refractivity contribution in [3.05, 3.63) is 336 Å². The van der Waals surface area contributed by atoms with Gasteiger partial charge in [0, 0.05) is 160 Å². The Morgan fingerprint density at radius 2 is 0.622 bits per heavy atom. The van der Waals surface area contributed by atoms with Crippen molar-refractivity contribution in [3.63, 3.8) is 0 Å². The lowest BCUT2D eigenvalue weighted by molar-refractivity contribution is 0.222. The summed E-state index contributed by atoms with van der Waals surface area (Å²) in [5, 5.41) is 3.35. The highest BCUT2D eigenvalue weighted by Crippen LogP contribution is 2.34. The zero-order valence-corrected chi connectivity index (χ0v) is 84.9. The van der Waals surface area contributed by atoms with Gasteiger partial charge in [0.25, 0.3) is 30.1 Å². The molecule has 21 rings (SSSR count). The molecular weight excluding hydrogens is 2060 g/mol. The van der Waals surface area contributed by atoms with Gasteiger partial charge in [-0.15, -0.1) is 0 Å². The van der Waals surface area contributed by atoms with Crippen LogP contribution in [0, 0.1) is 5.82 Å². The number of piperazine rings is 3. The first kappa shape index (κ1) is 104. The molecule has 6 aliphatic heterocycles. The standard InChI is InChI=1S/C20H19NO5S.C18H14BrNO4S.C18H15NO4S.C15H18N2O5S.C14H15ClN2O4S.C14H15FN2O4S/c1-2-25-17-9-5-8-15-12-18(20(22)26-19(15)17)27(23,24)21-11-10-14-6-3-4-7-16(14)13-21;19-15-5-6-16-14(9-15)10-17(18(21)24-16)25(22,23)20-8-7-12-3-1-2-4-13(12)11-20;20-18-17(11-14-6-3-4-8-16(14)23-18)24(21,22)19-10-9-13-5-1-2-7-15(13)12-19;1-16-5-7-17(8-6-16)23(19,20)14-10-11-9-12(21-2)3-4-13(11)22-15(14)18;2*1-16-4-6-17(7-5-16)22(19,20)13-9-10-8-11(15)2-3-12(10)21-14(13)18/h3-9,12H,2,10-11,13H2,1H3;1-6,9-10H,7-8,11H2;1-8,11H,9-10,12H2;3-4,9-10H,5-8H2,1-2H3;2*2-3,8-9H,4-7H2,1H3. The highest BCUT2D eigenvalue weighted by Gasteiger charge is 2.39. The van der Waals surface area contributed by atoms with Crippen molar-refractivity contribution in [2.75, 3.05) is 133 Å². The summed E-state index contributed by atoms with van der Waals surface area (Å²) >= 11 is 9.25. The molecule has 6 aromatic heterocycles. The minimum Gasteiger partial charge on any atom is -0.497 e. The van der Waals surface area contributed by atoms with E-state index in [1.54, 1.807) is 97.1 Å². The number of fused-ring (bicyclic) bond motifs is 9. The molecule has 15 aromatic rings. The number of hydrogen-bond donors (Lipinski definition) is 0. The third kappa shape index (κ3) is 23.0. The number of likely N-dealkylation sites (N-methyl/N-ethyl adjacent to an activating group) is 3. The normalized spacial score (nSPS) is 16.4. The molecule has 0 spiro atoms. The Morgan fingerprint density at radius 1 is 0.315 bits per heavy atom. The van der Waals surface area contributed by atoms with E-state index < -0.39 is 105 Å². The molecule has 0 atom stereocenters. The molecule has 0 radical (unpaired) electrons. The smallest absolute Gasteiger partial charge is 0.356 e. The number of nitrogens with zero attached hydrogens (tertiary/aromatic N) is 9. The zero-order chi connectivity index (χ0) is 102. The lowest BCUT2D eigenvalue weighted by atomic mass is 10.0. The van der Waals surface area contributed by atoms with E-state index in [1.807, 2.05) is 116 Å². The van der Waals surface area contributed by atoms with Gasteiger partial charge in [0.05, 0.1) is 13.7 Å². The number of hydrogen-bond acceptors (Lipinski definition) is 29. The van der Waals surface area contributed by atoms with E-state index in [1.165, 1.54) is 75.4 Å². The topological polar surface area (TPSA) is 434 Å². The summed E-state index contributed by atoms with van der Waals surface area (Å²) in [6.07, 6.45) is 1.87. The number of ether oxygens (including phenoxy) is 2. The van der Waals surface area contributed by atoms with Crippen molar-refractivity contribution < 1.29 is 90.9 Å². The molecule has 0 bridgehead atoms. The van der Waals surface area contributed by atoms with Gasteiger partial charge in [-0.25, -0.2) is 83.7 Å². The molecule has 12 heterocycles. The van der Waals surface area contributed by atoms with Crippen LogP contribution in [0.25, 0.3) is 65.8 Å². The molecule has 44 heteroatoms. The Balaban J connectivity index is 0.000000123. The van der Waals surface area contributed by atoms with E-state index in [0.717, 1.165) is 50.0 Å². The third-order valence-corrected chi connectivity index (χ3v) is 36.8. The molecular formula is C99H96BrClFN9O26S6. The summed E-state index contributed by atoms with van der Waals surface area (Å²) in [6.45, 7) is 9.76. The molecule has 0 unspecified atom stereocenters. The van der Waals surface area contributed by atoms with Gasteiger partial charge in [-0.1, -0.05) is 131 Å². The van der Waals surface area contributed by atoms with Crippen LogP contribution in [0.2, 0.25) is 5.02 Å². The van der Waals surface area contributed by atoms with Gasteiger partial charge in [0.1, 0.15) is 39.5 Å². The van der Waals surface area contributed by atoms with Crippen LogP contribution >= 0.6 is 27.5 Å². The van der Waals surface area contributed by atoms with Crippen LogP contribution in [-0.2, 0) is 99.0 Å². The minimum absolute atomic E-state index is 0.156. The zero-order valence-electron chi connectivity index (χ0n) is 77.6. The first-order valence-corrected chi connectivity index (χ1v) is 54.8. The highest BCUT2D eigenvalue weighted by atomic mass is 79.9. The Morgan fingerprint density at radius 3 is 1.02 bits per heavy atom. The Bertz CT molecular complexity index is 8430. The quantitative estimate of drug-likeness (QED) is 0.0860. The van der Waals surface area contributed by atoms with Crippen LogP contribution in [0.4, 0.5) is 4.39 Å². The Hall–Kier alpha value is -12.1. The van der Waals surface area contributed by atoms with Gasteiger partial charge in [0.15, 0.2) is 40.7 Å². The molecule has 9 aromatic carbocycles. The van der Waals surface area contributed by atoms with E-state index in [9.17, 15) is 83.7 Å². The van der Waals surface area contributed by atoms with Crippen molar-refractivity contribution in [3.8, 4) is 11.5 Å². The number of para-hydroxylation sites is 2. The maximum Gasteiger partial charge on any atom is 0.356 e. The molecule has 35 nitrogen and oxygen atoms in total. The van der Waals surface area contributed by atoms with E-state index in [4.69, 9.17) is 47.6 Å². The Labute approximate surface area is 834 Å². The minimum atomic E-state index is -3.97. The average molecular weight is 2150 g/mol. The fourth-order valence-corrected chi connectivity index (χ4v) is 26.1. The van der Waals surface area contributed by atoms with Crippen LogP contribution in [0.3, 0.4) is 0 Å². The van der Waals surface area contributed by atoms with Crippen molar-refractivity contribution in [2.24, 2.45) is 0 Å². The number of rotatable bonds is 15. The molecule has 0 saturated carbocycles. The molecule has 143 heavy (non-hydrogen) atoms. The third-order valence-electron chi connectivity index (χ3n) is 24.9. The maximum atomic E-state index is 13.3. The van der Waals surface area contributed by atoms with Gasteiger partial charge in [0.2, 0.25) is 30.1 Å². The van der Waals surface area contributed by atoms with E-state index in [-0.39, 0.29) is 60.7 Å². The van der Waals surface area contributed by atoms with E-state index >= 15 is 0 Å². The van der Waals surface area contributed by atoms with Crippen LogP contribution < -0.4 is 43.2 Å².